The number of amides is 1. The van der Waals surface area contributed by atoms with E-state index < -0.39 is 0 Å². The van der Waals surface area contributed by atoms with Gasteiger partial charge in [0.15, 0.2) is 6.23 Å². The molecule has 0 radical (unpaired) electrons. The first kappa shape index (κ1) is 11.0. The van der Waals surface area contributed by atoms with Gasteiger partial charge in [-0.2, -0.15) is 0 Å². The van der Waals surface area contributed by atoms with Gasteiger partial charge in [0.25, 0.3) is 0 Å². The summed E-state index contributed by atoms with van der Waals surface area (Å²) in [6, 6.07) is 7.60. The predicted molar refractivity (Wildman–Crippen MR) is 59.1 cm³/mol. The molecule has 1 aliphatic rings. The quantitative estimate of drug-likeness (QED) is 0.761. The summed E-state index contributed by atoms with van der Waals surface area (Å²) in [7, 11) is 1.62. The van der Waals surface area contributed by atoms with Crippen molar-refractivity contribution in [3.05, 3.63) is 29.8 Å². The first-order valence-corrected chi connectivity index (χ1v) is 5.25. The Morgan fingerprint density at radius 3 is 2.94 bits per heavy atom. The van der Waals surface area contributed by atoms with E-state index in [1.807, 2.05) is 24.3 Å². The molecule has 1 aromatic carbocycles. The molecule has 2 rings (SSSR count). The molecule has 0 aliphatic carbocycles. The van der Waals surface area contributed by atoms with Gasteiger partial charge >= 0.3 is 0 Å². The number of hydrogen-bond acceptors (Lipinski definition) is 3. The topological polar surface area (TPSA) is 38.8 Å². The number of methoxy groups -OCH3 is 1. The van der Waals surface area contributed by atoms with E-state index in [0.717, 1.165) is 11.3 Å². The predicted octanol–water partition coefficient (Wildman–Crippen LogP) is 1.57. The summed E-state index contributed by atoms with van der Waals surface area (Å²) in [4.78, 5) is 13.1. The Bertz CT molecular complexity index is 392. The maximum atomic E-state index is 11.4. The lowest BCUT2D eigenvalue weighted by atomic mass is 10.1. The molecule has 0 bridgehead atoms. The molecule has 1 atom stereocenters. The normalized spacial score (nSPS) is 19.9. The molecule has 1 unspecified atom stereocenters. The largest absolute Gasteiger partial charge is 0.496 e. The first-order valence-electron chi connectivity index (χ1n) is 5.25. The zero-order valence-corrected chi connectivity index (χ0v) is 9.47. The third kappa shape index (κ3) is 1.88. The fourth-order valence-electron chi connectivity index (χ4n) is 1.92. The molecule has 1 amide bonds. The Morgan fingerprint density at radius 2 is 2.25 bits per heavy atom. The number of carbonyl (C=O) groups is 1. The molecule has 0 aromatic heterocycles. The van der Waals surface area contributed by atoms with Crippen LogP contribution in [-0.2, 0) is 9.53 Å². The third-order valence-corrected chi connectivity index (χ3v) is 2.70. The van der Waals surface area contributed by atoms with Crippen LogP contribution >= 0.6 is 0 Å². The standard InChI is InChI=1S/C12H15NO3/c1-9(14)13-7-8-16-12(13)10-5-3-4-6-11(10)15-2/h3-6,12H,7-8H2,1-2H3. The average Bonchev–Trinajstić information content (AvgIpc) is 2.77. The van der Waals surface area contributed by atoms with E-state index in [0.29, 0.717) is 13.2 Å². The molecule has 86 valence electrons. The van der Waals surface area contributed by atoms with Gasteiger partial charge in [0.2, 0.25) is 5.91 Å². The van der Waals surface area contributed by atoms with Crippen LogP contribution in [0.4, 0.5) is 0 Å². The summed E-state index contributed by atoms with van der Waals surface area (Å²) in [5.74, 6) is 0.772. The second-order valence-corrected chi connectivity index (χ2v) is 3.68. The number of carbonyl (C=O) groups excluding carboxylic acids is 1. The van der Waals surface area contributed by atoms with Crippen LogP contribution in [0.1, 0.15) is 18.7 Å². The maximum Gasteiger partial charge on any atom is 0.221 e. The van der Waals surface area contributed by atoms with Gasteiger partial charge in [0.05, 0.1) is 13.7 Å². The zero-order valence-electron chi connectivity index (χ0n) is 9.47. The fourth-order valence-corrected chi connectivity index (χ4v) is 1.92. The van der Waals surface area contributed by atoms with Crippen molar-refractivity contribution in [3.63, 3.8) is 0 Å². The summed E-state index contributed by atoms with van der Waals surface area (Å²) in [5.41, 5.74) is 0.901. The Balaban J connectivity index is 2.32. The number of nitrogens with zero attached hydrogens (tertiary/aromatic N) is 1. The zero-order chi connectivity index (χ0) is 11.5. The molecule has 0 saturated carbocycles. The Hall–Kier alpha value is -1.55. The highest BCUT2D eigenvalue weighted by Crippen LogP contribution is 2.32. The van der Waals surface area contributed by atoms with Crippen molar-refractivity contribution in [2.75, 3.05) is 20.3 Å². The van der Waals surface area contributed by atoms with E-state index in [4.69, 9.17) is 9.47 Å². The van der Waals surface area contributed by atoms with Crippen molar-refractivity contribution in [2.24, 2.45) is 0 Å². The molecule has 1 saturated heterocycles. The summed E-state index contributed by atoms with van der Waals surface area (Å²) in [6.07, 6.45) is -0.311. The second kappa shape index (κ2) is 4.53. The van der Waals surface area contributed by atoms with E-state index in [9.17, 15) is 4.79 Å². The fraction of sp³-hybridized carbons (Fsp3) is 0.417. The SMILES string of the molecule is COc1ccccc1C1OCCN1C(C)=O. The van der Waals surface area contributed by atoms with E-state index in [2.05, 4.69) is 0 Å². The molecule has 16 heavy (non-hydrogen) atoms. The van der Waals surface area contributed by atoms with Crippen molar-refractivity contribution in [1.82, 2.24) is 4.90 Å². The van der Waals surface area contributed by atoms with Gasteiger partial charge in [-0.1, -0.05) is 18.2 Å². The minimum atomic E-state index is -0.311. The van der Waals surface area contributed by atoms with Crippen molar-refractivity contribution in [2.45, 2.75) is 13.2 Å². The van der Waals surface area contributed by atoms with Gasteiger partial charge in [-0.15, -0.1) is 0 Å². The lowest BCUT2D eigenvalue weighted by Gasteiger charge is -2.23. The molecule has 1 heterocycles. The second-order valence-electron chi connectivity index (χ2n) is 3.68. The smallest absolute Gasteiger partial charge is 0.221 e. The van der Waals surface area contributed by atoms with Crippen LogP contribution in [0.15, 0.2) is 24.3 Å². The highest BCUT2D eigenvalue weighted by Gasteiger charge is 2.30. The lowest BCUT2D eigenvalue weighted by Crippen LogP contribution is -2.28. The molecule has 0 N–H and O–H groups in total. The monoisotopic (exact) mass is 221 g/mol. The Kier molecular flexibility index (Phi) is 3.10. The van der Waals surface area contributed by atoms with Crippen molar-refractivity contribution in [3.8, 4) is 5.75 Å². The van der Waals surface area contributed by atoms with E-state index in [-0.39, 0.29) is 12.1 Å². The number of para-hydroxylation sites is 1. The molecule has 1 aromatic rings. The molecule has 1 fully saturated rings. The van der Waals surface area contributed by atoms with E-state index >= 15 is 0 Å². The van der Waals surface area contributed by atoms with Crippen LogP contribution in [0.5, 0.6) is 5.75 Å². The Morgan fingerprint density at radius 1 is 1.50 bits per heavy atom. The number of ether oxygens (including phenoxy) is 2. The van der Waals surface area contributed by atoms with Crippen molar-refractivity contribution >= 4 is 5.91 Å². The van der Waals surface area contributed by atoms with Crippen LogP contribution in [0, 0.1) is 0 Å². The van der Waals surface area contributed by atoms with Crippen LogP contribution in [0.3, 0.4) is 0 Å². The molecular formula is C12H15NO3. The van der Waals surface area contributed by atoms with Crippen LogP contribution in [0.25, 0.3) is 0 Å². The number of benzene rings is 1. The molecule has 1 aliphatic heterocycles. The van der Waals surface area contributed by atoms with Gasteiger partial charge in [-0.05, 0) is 6.07 Å². The summed E-state index contributed by atoms with van der Waals surface area (Å²) < 4.78 is 10.8. The highest BCUT2D eigenvalue weighted by atomic mass is 16.5. The highest BCUT2D eigenvalue weighted by molar-refractivity contribution is 5.74. The van der Waals surface area contributed by atoms with Crippen LogP contribution in [0.2, 0.25) is 0 Å². The van der Waals surface area contributed by atoms with Crippen LogP contribution < -0.4 is 4.74 Å². The van der Waals surface area contributed by atoms with E-state index in [1.165, 1.54) is 0 Å². The first-order chi connectivity index (χ1) is 7.74. The number of rotatable bonds is 2. The molecular weight excluding hydrogens is 206 g/mol. The number of hydrogen-bond donors (Lipinski definition) is 0. The molecule has 4 nitrogen and oxygen atoms in total. The average molecular weight is 221 g/mol. The minimum Gasteiger partial charge on any atom is -0.496 e. The van der Waals surface area contributed by atoms with E-state index in [1.54, 1.807) is 18.9 Å². The summed E-state index contributed by atoms with van der Waals surface area (Å²) in [5, 5.41) is 0. The Labute approximate surface area is 94.8 Å². The maximum absolute atomic E-state index is 11.4. The van der Waals surface area contributed by atoms with Gasteiger partial charge in [-0.25, -0.2) is 0 Å². The van der Waals surface area contributed by atoms with Gasteiger partial charge in [0.1, 0.15) is 5.75 Å². The van der Waals surface area contributed by atoms with Crippen LogP contribution in [-0.4, -0.2) is 31.1 Å². The van der Waals surface area contributed by atoms with Gasteiger partial charge in [0, 0.05) is 19.0 Å². The minimum absolute atomic E-state index is 0.0217. The summed E-state index contributed by atoms with van der Waals surface area (Å²) in [6.45, 7) is 2.76. The third-order valence-electron chi connectivity index (χ3n) is 2.70. The van der Waals surface area contributed by atoms with Gasteiger partial charge < -0.3 is 14.4 Å². The van der Waals surface area contributed by atoms with Crippen molar-refractivity contribution in [1.29, 1.82) is 0 Å². The lowest BCUT2D eigenvalue weighted by molar-refractivity contribution is -0.133. The van der Waals surface area contributed by atoms with Gasteiger partial charge in [-0.3, -0.25) is 4.79 Å². The summed E-state index contributed by atoms with van der Waals surface area (Å²) >= 11 is 0. The molecule has 4 heteroatoms. The van der Waals surface area contributed by atoms with Crippen molar-refractivity contribution < 1.29 is 14.3 Å². The molecule has 0 spiro atoms.